The molecule has 0 aliphatic rings. The molecule has 0 aliphatic carbocycles. The molecule has 0 saturated heterocycles. The second-order valence-electron chi connectivity index (χ2n) is 3.12. The minimum Gasteiger partial charge on any atom is -0.314 e. The maximum Gasteiger partial charge on any atom is 0.257 e. The van der Waals surface area contributed by atoms with Crippen molar-refractivity contribution in [2.24, 2.45) is 0 Å². The lowest BCUT2D eigenvalue weighted by molar-refractivity contribution is 0.0795. The number of carbonyl (C=O) groups is 1. The van der Waals surface area contributed by atoms with Gasteiger partial charge in [-0.25, -0.2) is 0 Å². The third kappa shape index (κ3) is 3.14. The minimum absolute atomic E-state index is 0.0508. The summed E-state index contributed by atoms with van der Waals surface area (Å²) in [5.41, 5.74) is 0.240. The molecule has 1 aromatic rings. The van der Waals surface area contributed by atoms with Crippen LogP contribution in [-0.2, 0) is 0 Å². The van der Waals surface area contributed by atoms with E-state index in [4.69, 9.17) is 34.9 Å². The zero-order valence-electron chi connectivity index (χ0n) is 8.78. The normalized spacial score (nSPS) is 9.18. The molecule has 1 aromatic carbocycles. The average Bonchev–Trinajstić information content (AvgIpc) is 2.31. The molecule has 0 bridgehead atoms. The molecule has 0 radical (unpaired) electrons. The number of hydrogen-bond donors (Lipinski definition) is 0. The van der Waals surface area contributed by atoms with Gasteiger partial charge in [-0.1, -0.05) is 35.2 Å². The van der Waals surface area contributed by atoms with Crippen LogP contribution in [0.25, 0.3) is 0 Å². The fraction of sp³-hybridized carbons (Fsp3) is 0.167. The number of halogens is 2. The van der Waals surface area contributed by atoms with Crippen molar-refractivity contribution < 1.29 is 4.79 Å². The molecule has 0 fully saturated rings. The molecular weight excluding hydrogens is 259 g/mol. The molecule has 3 nitrogen and oxygen atoms in total. The second-order valence-corrected chi connectivity index (χ2v) is 3.91. The minimum atomic E-state index is -0.406. The first-order chi connectivity index (χ1) is 8.11. The van der Waals surface area contributed by atoms with Crippen molar-refractivity contribution in [3.05, 3.63) is 33.8 Å². The van der Waals surface area contributed by atoms with Crippen molar-refractivity contribution in [2.75, 3.05) is 13.1 Å². The number of rotatable bonds is 3. The molecule has 17 heavy (non-hydrogen) atoms. The van der Waals surface area contributed by atoms with Crippen molar-refractivity contribution >= 4 is 29.1 Å². The van der Waals surface area contributed by atoms with Crippen LogP contribution in [0.1, 0.15) is 10.4 Å². The van der Waals surface area contributed by atoms with Gasteiger partial charge < -0.3 is 4.90 Å². The fourth-order valence-electron chi connectivity index (χ4n) is 1.23. The van der Waals surface area contributed by atoms with E-state index in [0.717, 1.165) is 0 Å². The summed E-state index contributed by atoms with van der Waals surface area (Å²) >= 11 is 11.7. The molecule has 1 rings (SSSR count). The summed E-state index contributed by atoms with van der Waals surface area (Å²) in [6.45, 7) is -0.0406. The van der Waals surface area contributed by atoms with Gasteiger partial charge in [0.05, 0.1) is 28.2 Å². The van der Waals surface area contributed by atoms with Crippen LogP contribution in [-0.4, -0.2) is 23.9 Å². The van der Waals surface area contributed by atoms with Gasteiger partial charge in [0.2, 0.25) is 0 Å². The van der Waals surface area contributed by atoms with Crippen LogP contribution in [0.15, 0.2) is 18.2 Å². The zero-order valence-corrected chi connectivity index (χ0v) is 10.3. The van der Waals surface area contributed by atoms with Crippen LogP contribution < -0.4 is 0 Å². The Kier molecular flexibility index (Phi) is 4.84. The maximum absolute atomic E-state index is 12.0. The molecule has 0 heterocycles. The van der Waals surface area contributed by atoms with Crippen molar-refractivity contribution in [3.8, 4) is 18.4 Å². The predicted molar refractivity (Wildman–Crippen MR) is 66.8 cm³/mol. The van der Waals surface area contributed by atoms with E-state index in [1.54, 1.807) is 12.1 Å². The molecule has 86 valence electrons. The topological polar surface area (TPSA) is 44.1 Å². The molecular formula is C12H8Cl2N2O. The lowest BCUT2D eigenvalue weighted by Gasteiger charge is -2.17. The Balaban J connectivity index is 3.07. The van der Waals surface area contributed by atoms with Gasteiger partial charge >= 0.3 is 0 Å². The van der Waals surface area contributed by atoms with Gasteiger partial charge in [0.1, 0.15) is 6.54 Å². The summed E-state index contributed by atoms with van der Waals surface area (Å²) in [5, 5.41) is 9.06. The van der Waals surface area contributed by atoms with Crippen molar-refractivity contribution in [3.63, 3.8) is 0 Å². The summed E-state index contributed by atoms with van der Waals surface area (Å²) in [6.07, 6.45) is 5.13. The van der Waals surface area contributed by atoms with Crippen LogP contribution in [0.2, 0.25) is 10.0 Å². The predicted octanol–water partition coefficient (Wildman–Crippen LogP) is 2.59. The Morgan fingerprint density at radius 2 is 2.12 bits per heavy atom. The molecule has 0 atom stereocenters. The Labute approximate surface area is 110 Å². The van der Waals surface area contributed by atoms with Crippen molar-refractivity contribution in [2.45, 2.75) is 0 Å². The van der Waals surface area contributed by atoms with Crippen LogP contribution >= 0.6 is 23.2 Å². The summed E-state index contributed by atoms with van der Waals surface area (Å²) in [5.74, 6) is 1.91. The number of terminal acetylenes is 1. The van der Waals surface area contributed by atoms with Crippen LogP contribution in [0.5, 0.6) is 0 Å². The van der Waals surface area contributed by atoms with Gasteiger partial charge in [-0.3, -0.25) is 4.79 Å². The number of carbonyl (C=O) groups excluding carboxylic acids is 1. The zero-order chi connectivity index (χ0) is 12.8. The van der Waals surface area contributed by atoms with E-state index in [1.165, 1.54) is 11.0 Å². The average molecular weight is 267 g/mol. The standard InChI is InChI=1S/C12H8Cl2N2O/c1-2-7-16(8-6-15)12(17)9-4-3-5-10(13)11(9)14/h1,3-5H,7-8H2. The number of benzene rings is 1. The third-order valence-corrected chi connectivity index (χ3v) is 2.83. The molecule has 1 amide bonds. The molecule has 0 aromatic heterocycles. The molecule has 0 N–H and O–H groups in total. The van der Waals surface area contributed by atoms with E-state index < -0.39 is 5.91 Å². The maximum atomic E-state index is 12.0. The van der Waals surface area contributed by atoms with Gasteiger partial charge in [-0.2, -0.15) is 5.26 Å². The summed E-state index contributed by atoms with van der Waals surface area (Å²) in [4.78, 5) is 13.3. The van der Waals surface area contributed by atoms with E-state index in [-0.39, 0.29) is 28.7 Å². The Morgan fingerprint density at radius 1 is 1.41 bits per heavy atom. The summed E-state index contributed by atoms with van der Waals surface area (Å²) < 4.78 is 0. The Hall–Kier alpha value is -1.68. The Morgan fingerprint density at radius 3 is 2.71 bits per heavy atom. The number of nitrogens with zero attached hydrogens (tertiary/aromatic N) is 2. The van der Waals surface area contributed by atoms with E-state index in [1.807, 2.05) is 6.07 Å². The molecule has 0 saturated carbocycles. The monoisotopic (exact) mass is 266 g/mol. The third-order valence-electron chi connectivity index (χ3n) is 2.01. The first-order valence-electron chi connectivity index (χ1n) is 4.65. The summed E-state index contributed by atoms with van der Waals surface area (Å²) in [7, 11) is 0. The van der Waals surface area contributed by atoms with Gasteiger partial charge in [-0.15, -0.1) is 6.42 Å². The van der Waals surface area contributed by atoms with Gasteiger partial charge in [0.25, 0.3) is 5.91 Å². The number of amides is 1. The smallest absolute Gasteiger partial charge is 0.257 e. The SMILES string of the molecule is C#CCN(CC#N)C(=O)c1cccc(Cl)c1Cl. The Bertz CT molecular complexity index is 498. The molecule has 5 heteroatoms. The molecule has 0 spiro atoms. The quantitative estimate of drug-likeness (QED) is 0.624. The van der Waals surface area contributed by atoms with Crippen molar-refractivity contribution in [1.29, 1.82) is 5.26 Å². The van der Waals surface area contributed by atoms with E-state index in [9.17, 15) is 4.79 Å². The largest absolute Gasteiger partial charge is 0.314 e. The van der Waals surface area contributed by atoms with E-state index in [0.29, 0.717) is 0 Å². The fourth-order valence-corrected chi connectivity index (χ4v) is 1.62. The number of hydrogen-bond acceptors (Lipinski definition) is 2. The first kappa shape index (κ1) is 13.4. The van der Waals surface area contributed by atoms with Gasteiger partial charge in [0, 0.05) is 0 Å². The molecule has 0 unspecified atom stereocenters. The highest BCUT2D eigenvalue weighted by atomic mass is 35.5. The van der Waals surface area contributed by atoms with Crippen molar-refractivity contribution in [1.82, 2.24) is 4.90 Å². The van der Waals surface area contributed by atoms with E-state index in [2.05, 4.69) is 5.92 Å². The highest BCUT2D eigenvalue weighted by Crippen LogP contribution is 2.26. The molecule has 0 aliphatic heterocycles. The first-order valence-corrected chi connectivity index (χ1v) is 5.41. The van der Waals surface area contributed by atoms with Crippen LogP contribution in [0.3, 0.4) is 0 Å². The second kappa shape index (κ2) is 6.15. The van der Waals surface area contributed by atoms with Gasteiger partial charge in [-0.05, 0) is 12.1 Å². The van der Waals surface area contributed by atoms with Crippen LogP contribution in [0.4, 0.5) is 0 Å². The van der Waals surface area contributed by atoms with Crippen LogP contribution in [0, 0.1) is 23.7 Å². The van der Waals surface area contributed by atoms with Gasteiger partial charge in [0.15, 0.2) is 0 Å². The van der Waals surface area contributed by atoms with E-state index >= 15 is 0 Å². The summed E-state index contributed by atoms with van der Waals surface area (Å²) in [6, 6.07) is 6.60. The highest BCUT2D eigenvalue weighted by molar-refractivity contribution is 6.43. The highest BCUT2D eigenvalue weighted by Gasteiger charge is 2.18. The lowest BCUT2D eigenvalue weighted by atomic mass is 10.2. The lowest BCUT2D eigenvalue weighted by Crippen LogP contribution is -2.32. The number of nitriles is 1.